The number of nitrogens with one attached hydrogen (secondary N) is 4. The van der Waals surface area contributed by atoms with Crippen molar-refractivity contribution in [1.29, 1.82) is 0 Å². The molecule has 9 heteroatoms. The molecule has 4 amide bonds. The molecule has 30 heavy (non-hydrogen) atoms. The van der Waals surface area contributed by atoms with Gasteiger partial charge in [-0.1, -0.05) is 50.6 Å². The van der Waals surface area contributed by atoms with Crippen molar-refractivity contribution in [3.05, 3.63) is 35.9 Å². The fourth-order valence-corrected chi connectivity index (χ4v) is 3.15. The minimum Gasteiger partial charge on any atom is -0.394 e. The predicted molar refractivity (Wildman–Crippen MR) is 110 cm³/mol. The molecule has 0 aromatic heterocycles. The molecule has 1 aliphatic rings. The molecule has 5 atom stereocenters. The molecule has 0 aliphatic carbocycles. The minimum absolute atomic E-state index is 0.189. The lowest BCUT2D eigenvalue weighted by Gasteiger charge is -2.30. The maximum Gasteiger partial charge on any atom is 0.245 e. The SMILES string of the molecule is CC[C@H](C)[C@@H]1NC(=O)[C@H](Cc2ccccc2)NC(=O)[C@H](CO)NC(=O)[C@H](C)NC1=O. The van der Waals surface area contributed by atoms with Crippen LogP contribution < -0.4 is 21.3 Å². The summed E-state index contributed by atoms with van der Waals surface area (Å²) in [6, 6.07) is 5.09. The van der Waals surface area contributed by atoms with E-state index in [1.54, 1.807) is 0 Å². The van der Waals surface area contributed by atoms with Crippen LogP contribution in [-0.4, -0.2) is 59.5 Å². The number of carbonyl (C=O) groups excluding carboxylic acids is 4. The van der Waals surface area contributed by atoms with Crippen molar-refractivity contribution in [2.75, 3.05) is 6.61 Å². The smallest absolute Gasteiger partial charge is 0.245 e. The molecule has 9 nitrogen and oxygen atoms in total. The predicted octanol–water partition coefficient (Wildman–Crippen LogP) is -0.760. The van der Waals surface area contributed by atoms with E-state index in [2.05, 4.69) is 21.3 Å². The summed E-state index contributed by atoms with van der Waals surface area (Å²) in [4.78, 5) is 50.8. The van der Waals surface area contributed by atoms with E-state index < -0.39 is 54.4 Å². The Morgan fingerprint density at radius 2 is 1.47 bits per heavy atom. The van der Waals surface area contributed by atoms with Crippen LogP contribution in [0.25, 0.3) is 0 Å². The van der Waals surface area contributed by atoms with E-state index in [9.17, 15) is 24.3 Å². The molecular weight excluding hydrogens is 388 g/mol. The van der Waals surface area contributed by atoms with Crippen molar-refractivity contribution in [3.8, 4) is 0 Å². The quantitative estimate of drug-likeness (QED) is 0.428. The third kappa shape index (κ3) is 6.03. The molecule has 0 saturated carbocycles. The van der Waals surface area contributed by atoms with E-state index in [4.69, 9.17) is 0 Å². The fraction of sp³-hybridized carbons (Fsp3) is 0.524. The van der Waals surface area contributed by atoms with Crippen molar-refractivity contribution in [1.82, 2.24) is 21.3 Å². The molecule has 0 radical (unpaired) electrons. The third-order valence-electron chi connectivity index (χ3n) is 5.28. The number of carbonyl (C=O) groups is 4. The van der Waals surface area contributed by atoms with Gasteiger partial charge in [-0.25, -0.2) is 0 Å². The van der Waals surface area contributed by atoms with Crippen LogP contribution >= 0.6 is 0 Å². The van der Waals surface area contributed by atoms with Crippen LogP contribution in [0.2, 0.25) is 0 Å². The Kier molecular flexibility index (Phi) is 8.35. The standard InChI is InChI=1S/C21H30N4O5/c1-4-12(2)17-21(30)22-13(3)18(27)24-16(11-26)20(29)23-15(19(28)25-17)10-14-8-6-5-7-9-14/h5-9,12-13,15-17,26H,4,10-11H2,1-3H3,(H,22,30)(H,23,29)(H,24,27)(H,25,28)/t12-,13-,15-,16-,17-/m0/s1. The van der Waals surface area contributed by atoms with Gasteiger partial charge in [0.05, 0.1) is 6.61 Å². The van der Waals surface area contributed by atoms with Crippen LogP contribution in [0, 0.1) is 5.92 Å². The average molecular weight is 418 g/mol. The molecule has 164 valence electrons. The molecule has 1 aromatic carbocycles. The molecule has 1 saturated heterocycles. The highest BCUT2D eigenvalue weighted by molar-refractivity contribution is 5.97. The number of hydrogen-bond acceptors (Lipinski definition) is 5. The van der Waals surface area contributed by atoms with Gasteiger partial charge in [-0.15, -0.1) is 0 Å². The van der Waals surface area contributed by atoms with E-state index in [1.165, 1.54) is 6.92 Å². The summed E-state index contributed by atoms with van der Waals surface area (Å²) in [5.41, 5.74) is 0.813. The first-order valence-corrected chi connectivity index (χ1v) is 10.1. The van der Waals surface area contributed by atoms with Gasteiger partial charge >= 0.3 is 0 Å². The Morgan fingerprint density at radius 3 is 2.07 bits per heavy atom. The normalized spacial score (nSPS) is 26.9. The van der Waals surface area contributed by atoms with Crippen molar-refractivity contribution >= 4 is 23.6 Å². The summed E-state index contributed by atoms with van der Waals surface area (Å²) in [5, 5.41) is 19.9. The first-order valence-electron chi connectivity index (χ1n) is 10.1. The minimum atomic E-state index is -1.24. The highest BCUT2D eigenvalue weighted by Gasteiger charge is 2.34. The van der Waals surface area contributed by atoms with Crippen LogP contribution in [0.1, 0.15) is 32.8 Å². The van der Waals surface area contributed by atoms with E-state index in [1.807, 2.05) is 44.2 Å². The summed E-state index contributed by atoms with van der Waals surface area (Å²) < 4.78 is 0. The van der Waals surface area contributed by atoms with Crippen molar-refractivity contribution < 1.29 is 24.3 Å². The highest BCUT2D eigenvalue weighted by atomic mass is 16.3. The summed E-state index contributed by atoms with van der Waals surface area (Å²) >= 11 is 0. The van der Waals surface area contributed by atoms with E-state index in [-0.39, 0.29) is 12.3 Å². The summed E-state index contributed by atoms with van der Waals surface area (Å²) in [6.07, 6.45) is 0.816. The monoisotopic (exact) mass is 418 g/mol. The summed E-state index contributed by atoms with van der Waals surface area (Å²) in [7, 11) is 0. The molecule has 0 unspecified atom stereocenters. The van der Waals surface area contributed by atoms with Gasteiger partial charge in [-0.3, -0.25) is 19.2 Å². The average Bonchev–Trinajstić information content (AvgIpc) is 2.74. The van der Waals surface area contributed by atoms with Crippen LogP contribution in [0.5, 0.6) is 0 Å². The number of hydrogen-bond donors (Lipinski definition) is 5. The number of amides is 4. The first-order chi connectivity index (χ1) is 14.3. The largest absolute Gasteiger partial charge is 0.394 e. The second-order valence-electron chi connectivity index (χ2n) is 7.60. The Hall–Kier alpha value is -2.94. The molecule has 1 aromatic rings. The molecule has 1 heterocycles. The number of aliphatic hydroxyl groups is 1. The fourth-order valence-electron chi connectivity index (χ4n) is 3.15. The Labute approximate surface area is 176 Å². The number of benzene rings is 1. The van der Waals surface area contributed by atoms with Crippen LogP contribution in [0.4, 0.5) is 0 Å². The van der Waals surface area contributed by atoms with Crippen LogP contribution in [-0.2, 0) is 25.6 Å². The molecule has 2 rings (SSSR count). The second kappa shape index (κ2) is 10.7. The van der Waals surface area contributed by atoms with Gasteiger partial charge in [-0.05, 0) is 18.4 Å². The Balaban J connectivity index is 2.37. The Bertz CT molecular complexity index is 770. The topological polar surface area (TPSA) is 137 Å². The molecular formula is C21H30N4O5. The molecule has 0 bridgehead atoms. The van der Waals surface area contributed by atoms with E-state index in [0.29, 0.717) is 6.42 Å². The van der Waals surface area contributed by atoms with Crippen molar-refractivity contribution in [3.63, 3.8) is 0 Å². The van der Waals surface area contributed by atoms with Gasteiger partial charge < -0.3 is 26.4 Å². The van der Waals surface area contributed by atoms with Crippen LogP contribution in [0.15, 0.2) is 30.3 Å². The molecule has 1 fully saturated rings. The lowest BCUT2D eigenvalue weighted by Crippen LogP contribution is -2.62. The number of aliphatic hydroxyl groups excluding tert-OH is 1. The lowest BCUT2D eigenvalue weighted by atomic mass is 9.96. The first kappa shape index (κ1) is 23.3. The van der Waals surface area contributed by atoms with Gasteiger partial charge in [0.2, 0.25) is 23.6 Å². The Morgan fingerprint density at radius 1 is 0.867 bits per heavy atom. The van der Waals surface area contributed by atoms with Gasteiger partial charge in [0.25, 0.3) is 0 Å². The zero-order valence-electron chi connectivity index (χ0n) is 17.5. The third-order valence-corrected chi connectivity index (χ3v) is 5.28. The van der Waals surface area contributed by atoms with E-state index in [0.717, 1.165) is 5.56 Å². The van der Waals surface area contributed by atoms with Gasteiger partial charge in [0.1, 0.15) is 24.2 Å². The second-order valence-corrected chi connectivity index (χ2v) is 7.60. The molecule has 1 aliphatic heterocycles. The lowest BCUT2D eigenvalue weighted by molar-refractivity contribution is -0.137. The molecule has 0 spiro atoms. The van der Waals surface area contributed by atoms with Crippen molar-refractivity contribution in [2.24, 2.45) is 5.92 Å². The summed E-state index contributed by atoms with van der Waals surface area (Å²) in [5.74, 6) is -2.46. The van der Waals surface area contributed by atoms with Gasteiger partial charge in [0, 0.05) is 6.42 Å². The zero-order valence-corrected chi connectivity index (χ0v) is 17.5. The zero-order chi connectivity index (χ0) is 22.3. The highest BCUT2D eigenvalue weighted by Crippen LogP contribution is 2.11. The number of rotatable bonds is 5. The molecule has 5 N–H and O–H groups in total. The van der Waals surface area contributed by atoms with Gasteiger partial charge in [-0.2, -0.15) is 0 Å². The maximum atomic E-state index is 13.0. The maximum absolute atomic E-state index is 13.0. The van der Waals surface area contributed by atoms with E-state index >= 15 is 0 Å². The van der Waals surface area contributed by atoms with Gasteiger partial charge in [0.15, 0.2) is 0 Å². The summed E-state index contributed by atoms with van der Waals surface area (Å²) in [6.45, 7) is 4.55. The van der Waals surface area contributed by atoms with Crippen molar-refractivity contribution in [2.45, 2.75) is 57.8 Å². The van der Waals surface area contributed by atoms with Crippen LogP contribution in [0.3, 0.4) is 0 Å².